The third kappa shape index (κ3) is 4.23. The lowest BCUT2D eigenvalue weighted by molar-refractivity contribution is 0.198. The summed E-state index contributed by atoms with van der Waals surface area (Å²) in [4.78, 5) is 20.6. The second kappa shape index (κ2) is 6.81. The predicted molar refractivity (Wildman–Crippen MR) is 89.8 cm³/mol. The number of nitrogens with one attached hydrogen (secondary N) is 1. The number of allylic oxidation sites excluding steroid dienone is 1. The molecule has 0 atom stereocenters. The average molecular weight is 302 g/mol. The third-order valence-electron chi connectivity index (χ3n) is 4.14. The summed E-state index contributed by atoms with van der Waals surface area (Å²) >= 11 is 0. The molecule has 0 unspecified atom stereocenters. The molecule has 1 N–H and O–H groups in total. The number of rotatable bonds is 2. The number of pyridine rings is 1. The summed E-state index contributed by atoms with van der Waals surface area (Å²) in [5, 5.41) is 2.90. The van der Waals surface area contributed by atoms with Crippen molar-refractivity contribution in [2.75, 3.05) is 31.1 Å². The van der Waals surface area contributed by atoms with E-state index >= 15 is 0 Å². The molecular formula is C17H26N4O. The third-order valence-corrected chi connectivity index (χ3v) is 4.14. The van der Waals surface area contributed by atoms with Gasteiger partial charge in [-0.2, -0.15) is 0 Å². The topological polar surface area (TPSA) is 48.5 Å². The molecule has 0 spiro atoms. The van der Waals surface area contributed by atoms with Crippen molar-refractivity contribution in [3.8, 4) is 0 Å². The van der Waals surface area contributed by atoms with E-state index in [4.69, 9.17) is 0 Å². The van der Waals surface area contributed by atoms with Gasteiger partial charge in [-0.05, 0) is 24.5 Å². The first-order chi connectivity index (χ1) is 10.4. The maximum atomic E-state index is 12.2. The Bertz CT molecular complexity index is 525. The van der Waals surface area contributed by atoms with Crippen LogP contribution in [-0.2, 0) is 0 Å². The highest BCUT2D eigenvalue weighted by Gasteiger charge is 2.21. The van der Waals surface area contributed by atoms with Gasteiger partial charge in [0, 0.05) is 38.6 Å². The highest BCUT2D eigenvalue weighted by Crippen LogP contribution is 2.23. The Morgan fingerprint density at radius 3 is 2.45 bits per heavy atom. The number of hydrogen-bond donors (Lipinski definition) is 1. The molecule has 1 aliphatic rings. The first-order valence-electron chi connectivity index (χ1n) is 7.76. The van der Waals surface area contributed by atoms with Crippen molar-refractivity contribution in [2.24, 2.45) is 5.41 Å². The average Bonchev–Trinajstić information content (AvgIpc) is 2.52. The molecule has 120 valence electrons. The van der Waals surface area contributed by atoms with Gasteiger partial charge in [-0.15, -0.1) is 0 Å². The van der Waals surface area contributed by atoms with Gasteiger partial charge in [0.05, 0.1) is 0 Å². The van der Waals surface area contributed by atoms with Gasteiger partial charge in [-0.25, -0.2) is 9.78 Å². The maximum absolute atomic E-state index is 12.2. The lowest BCUT2D eigenvalue weighted by Crippen LogP contribution is -2.51. The molecule has 2 rings (SSSR count). The molecule has 1 aromatic rings. The standard InChI is InChI=1S/C17H26N4O/c1-14(17(2,3)4)13-19-16(22)21-11-9-20(10-12-21)15-7-5-6-8-18-15/h5-8,13H,9-12H2,1-4H3,(H,19,22)/b14-13+. The van der Waals surface area contributed by atoms with Gasteiger partial charge >= 0.3 is 6.03 Å². The Morgan fingerprint density at radius 2 is 1.91 bits per heavy atom. The van der Waals surface area contributed by atoms with Gasteiger partial charge in [-0.1, -0.05) is 32.4 Å². The number of carbonyl (C=O) groups is 1. The first-order valence-corrected chi connectivity index (χ1v) is 7.76. The predicted octanol–water partition coefficient (Wildman–Crippen LogP) is 2.86. The normalized spacial score (nSPS) is 16.6. The Morgan fingerprint density at radius 1 is 1.23 bits per heavy atom. The lowest BCUT2D eigenvalue weighted by Gasteiger charge is -2.35. The van der Waals surface area contributed by atoms with Crippen LogP contribution in [0.15, 0.2) is 36.2 Å². The van der Waals surface area contributed by atoms with E-state index < -0.39 is 0 Å². The fraction of sp³-hybridized carbons (Fsp3) is 0.529. The van der Waals surface area contributed by atoms with E-state index in [-0.39, 0.29) is 11.4 Å². The van der Waals surface area contributed by atoms with Crippen molar-refractivity contribution in [1.82, 2.24) is 15.2 Å². The van der Waals surface area contributed by atoms with E-state index in [0.29, 0.717) is 13.1 Å². The number of aromatic nitrogens is 1. The van der Waals surface area contributed by atoms with Gasteiger partial charge in [0.2, 0.25) is 0 Å². The minimum atomic E-state index is -0.0238. The molecule has 0 saturated carbocycles. The maximum Gasteiger partial charge on any atom is 0.321 e. The molecule has 0 radical (unpaired) electrons. The van der Waals surface area contributed by atoms with Crippen LogP contribution in [0.2, 0.25) is 0 Å². The molecule has 1 aliphatic heterocycles. The number of nitrogens with zero attached hydrogens (tertiary/aromatic N) is 3. The molecule has 5 heteroatoms. The molecule has 0 bridgehead atoms. The largest absolute Gasteiger partial charge is 0.353 e. The van der Waals surface area contributed by atoms with Crippen LogP contribution in [0.25, 0.3) is 0 Å². The monoisotopic (exact) mass is 302 g/mol. The number of hydrogen-bond acceptors (Lipinski definition) is 3. The Hall–Kier alpha value is -2.04. The van der Waals surface area contributed by atoms with Crippen LogP contribution in [0, 0.1) is 5.41 Å². The van der Waals surface area contributed by atoms with Crippen LogP contribution in [0.1, 0.15) is 27.7 Å². The fourth-order valence-electron chi connectivity index (χ4n) is 2.16. The van der Waals surface area contributed by atoms with Crippen LogP contribution >= 0.6 is 0 Å². The zero-order chi connectivity index (χ0) is 16.2. The SMILES string of the molecule is C/C(=C\NC(=O)N1CCN(c2ccccn2)CC1)C(C)(C)C. The molecule has 1 aromatic heterocycles. The van der Waals surface area contributed by atoms with Crippen molar-refractivity contribution < 1.29 is 4.79 Å². The van der Waals surface area contributed by atoms with E-state index in [2.05, 4.69) is 36.0 Å². The second-order valence-corrected chi connectivity index (χ2v) is 6.69. The lowest BCUT2D eigenvalue weighted by atomic mass is 9.88. The minimum absolute atomic E-state index is 0.0238. The van der Waals surface area contributed by atoms with Gasteiger partial charge in [0.1, 0.15) is 5.82 Å². The van der Waals surface area contributed by atoms with E-state index in [9.17, 15) is 4.79 Å². The second-order valence-electron chi connectivity index (χ2n) is 6.69. The highest BCUT2D eigenvalue weighted by atomic mass is 16.2. The van der Waals surface area contributed by atoms with Crippen molar-refractivity contribution in [1.29, 1.82) is 0 Å². The van der Waals surface area contributed by atoms with Crippen molar-refractivity contribution in [3.05, 3.63) is 36.2 Å². The Balaban J connectivity index is 1.85. The van der Waals surface area contributed by atoms with Gasteiger partial charge in [0.25, 0.3) is 0 Å². The van der Waals surface area contributed by atoms with E-state index in [0.717, 1.165) is 24.5 Å². The number of amides is 2. The number of carbonyl (C=O) groups excluding carboxylic acids is 1. The molecule has 22 heavy (non-hydrogen) atoms. The van der Waals surface area contributed by atoms with Crippen LogP contribution in [0.5, 0.6) is 0 Å². The summed E-state index contributed by atoms with van der Waals surface area (Å²) in [6.07, 6.45) is 3.63. The van der Waals surface area contributed by atoms with Crippen LogP contribution in [0.4, 0.5) is 10.6 Å². The van der Waals surface area contributed by atoms with Crippen molar-refractivity contribution >= 4 is 11.8 Å². The summed E-state index contributed by atoms with van der Waals surface area (Å²) in [7, 11) is 0. The fourth-order valence-corrected chi connectivity index (χ4v) is 2.16. The van der Waals surface area contributed by atoms with E-state index in [1.54, 1.807) is 6.20 Å². The Labute approximate surface area is 133 Å². The summed E-state index contributed by atoms with van der Waals surface area (Å²) in [5.74, 6) is 0.978. The van der Waals surface area contributed by atoms with Crippen LogP contribution in [0.3, 0.4) is 0 Å². The van der Waals surface area contributed by atoms with Gasteiger partial charge in [-0.3, -0.25) is 0 Å². The first kappa shape index (κ1) is 16.3. The van der Waals surface area contributed by atoms with Gasteiger partial charge < -0.3 is 15.1 Å². The quantitative estimate of drug-likeness (QED) is 0.914. The summed E-state index contributed by atoms with van der Waals surface area (Å²) in [5.41, 5.74) is 1.23. The molecule has 5 nitrogen and oxygen atoms in total. The molecule has 1 fully saturated rings. The number of urea groups is 1. The summed E-state index contributed by atoms with van der Waals surface area (Å²) < 4.78 is 0. The zero-order valence-corrected chi connectivity index (χ0v) is 14.0. The Kier molecular flexibility index (Phi) is 5.06. The molecule has 2 amide bonds. The van der Waals surface area contributed by atoms with Crippen molar-refractivity contribution in [2.45, 2.75) is 27.7 Å². The molecular weight excluding hydrogens is 276 g/mol. The minimum Gasteiger partial charge on any atom is -0.353 e. The molecule has 1 saturated heterocycles. The van der Waals surface area contributed by atoms with E-state index in [1.165, 1.54) is 0 Å². The summed E-state index contributed by atoms with van der Waals surface area (Å²) in [6, 6.07) is 5.88. The number of anilines is 1. The van der Waals surface area contributed by atoms with E-state index in [1.807, 2.05) is 36.2 Å². The molecule has 0 aliphatic carbocycles. The number of piperazine rings is 1. The summed E-state index contributed by atoms with van der Waals surface area (Å²) in [6.45, 7) is 11.5. The zero-order valence-electron chi connectivity index (χ0n) is 14.0. The molecule has 0 aromatic carbocycles. The van der Waals surface area contributed by atoms with Crippen LogP contribution < -0.4 is 10.2 Å². The van der Waals surface area contributed by atoms with Crippen molar-refractivity contribution in [3.63, 3.8) is 0 Å². The highest BCUT2D eigenvalue weighted by molar-refractivity contribution is 5.75. The smallest absolute Gasteiger partial charge is 0.321 e. The molecule has 2 heterocycles. The van der Waals surface area contributed by atoms with Crippen LogP contribution in [-0.4, -0.2) is 42.1 Å². The van der Waals surface area contributed by atoms with Gasteiger partial charge in [0.15, 0.2) is 0 Å².